The molecule has 1 atom stereocenters. The summed E-state index contributed by atoms with van der Waals surface area (Å²) in [5, 5.41) is 3.27. The van der Waals surface area contributed by atoms with Crippen LogP contribution in [0.2, 0.25) is 0 Å². The number of anilines is 2. The lowest BCUT2D eigenvalue weighted by Crippen LogP contribution is -2.22. The lowest BCUT2D eigenvalue weighted by atomic mass is 10.3. The van der Waals surface area contributed by atoms with Crippen molar-refractivity contribution in [1.82, 2.24) is 14.5 Å². The zero-order valence-corrected chi connectivity index (χ0v) is 11.1. The van der Waals surface area contributed by atoms with Gasteiger partial charge in [-0.15, -0.1) is 0 Å². The zero-order chi connectivity index (χ0) is 12.3. The van der Waals surface area contributed by atoms with Crippen molar-refractivity contribution in [3.8, 4) is 0 Å². The first-order valence-electron chi connectivity index (χ1n) is 5.28. The Labute approximate surface area is 108 Å². The molecular formula is C11H14BrN5. The first kappa shape index (κ1) is 11.9. The number of aromatic nitrogens is 3. The maximum atomic E-state index is 5.87. The number of hydrogen-bond acceptors (Lipinski definition) is 4. The van der Waals surface area contributed by atoms with E-state index in [2.05, 4.69) is 38.1 Å². The van der Waals surface area contributed by atoms with Crippen LogP contribution >= 0.6 is 15.9 Å². The van der Waals surface area contributed by atoms with Gasteiger partial charge in [-0.05, 0) is 28.9 Å². The Morgan fingerprint density at radius 1 is 1.59 bits per heavy atom. The van der Waals surface area contributed by atoms with Crippen LogP contribution in [0, 0.1) is 0 Å². The quantitative estimate of drug-likeness (QED) is 0.907. The number of rotatable bonds is 4. The Hall–Kier alpha value is -1.56. The van der Waals surface area contributed by atoms with Crippen molar-refractivity contribution in [2.45, 2.75) is 19.5 Å². The van der Waals surface area contributed by atoms with E-state index >= 15 is 0 Å². The number of nitrogen functional groups attached to an aromatic ring is 1. The molecule has 0 aliphatic rings. The summed E-state index contributed by atoms with van der Waals surface area (Å²) < 4.78 is 2.88. The standard InChI is InChI=1S/C11H14BrN5/c1-8(6-17-3-2-14-7-17)16-11-10(13)4-9(12)5-15-11/h2-5,7-8H,6,13H2,1H3,(H,15,16). The molecule has 0 radical (unpaired) electrons. The third-order valence-corrected chi connectivity index (χ3v) is 2.74. The minimum atomic E-state index is 0.222. The Bertz CT molecular complexity index is 483. The van der Waals surface area contributed by atoms with Crippen molar-refractivity contribution in [3.63, 3.8) is 0 Å². The summed E-state index contributed by atoms with van der Waals surface area (Å²) in [7, 11) is 0. The number of nitrogens with zero attached hydrogens (tertiary/aromatic N) is 3. The van der Waals surface area contributed by atoms with Gasteiger partial charge in [0.1, 0.15) is 5.82 Å². The van der Waals surface area contributed by atoms with Crippen molar-refractivity contribution < 1.29 is 0 Å². The minimum absolute atomic E-state index is 0.222. The molecule has 0 saturated heterocycles. The number of nitrogens with two attached hydrogens (primary N) is 1. The molecule has 0 aliphatic carbocycles. The van der Waals surface area contributed by atoms with Crippen LogP contribution in [0.5, 0.6) is 0 Å². The van der Waals surface area contributed by atoms with E-state index in [1.54, 1.807) is 18.7 Å². The molecule has 0 spiro atoms. The van der Waals surface area contributed by atoms with E-state index in [1.807, 2.05) is 16.8 Å². The minimum Gasteiger partial charge on any atom is -0.396 e. The summed E-state index contributed by atoms with van der Waals surface area (Å²) >= 11 is 3.33. The molecule has 2 rings (SSSR count). The summed E-state index contributed by atoms with van der Waals surface area (Å²) in [6.45, 7) is 2.89. The van der Waals surface area contributed by atoms with Gasteiger partial charge >= 0.3 is 0 Å². The van der Waals surface area contributed by atoms with Crippen LogP contribution < -0.4 is 11.1 Å². The van der Waals surface area contributed by atoms with Crippen LogP contribution in [0.4, 0.5) is 11.5 Å². The van der Waals surface area contributed by atoms with Gasteiger partial charge in [0.15, 0.2) is 0 Å². The van der Waals surface area contributed by atoms with Crippen molar-refractivity contribution in [2.24, 2.45) is 0 Å². The number of imidazole rings is 1. The van der Waals surface area contributed by atoms with Gasteiger partial charge < -0.3 is 15.6 Å². The van der Waals surface area contributed by atoms with E-state index in [-0.39, 0.29) is 6.04 Å². The third kappa shape index (κ3) is 3.20. The zero-order valence-electron chi connectivity index (χ0n) is 9.47. The molecule has 3 N–H and O–H groups in total. The predicted molar refractivity (Wildman–Crippen MR) is 71.7 cm³/mol. The van der Waals surface area contributed by atoms with Gasteiger partial charge in [0, 0.05) is 35.6 Å². The topological polar surface area (TPSA) is 68.8 Å². The molecule has 0 fully saturated rings. The van der Waals surface area contributed by atoms with E-state index in [0.717, 1.165) is 11.0 Å². The number of halogens is 1. The van der Waals surface area contributed by atoms with Crippen molar-refractivity contribution >= 4 is 27.4 Å². The summed E-state index contributed by atoms with van der Waals surface area (Å²) in [5.41, 5.74) is 6.50. The SMILES string of the molecule is CC(Cn1ccnc1)Nc1ncc(Br)cc1N. The van der Waals surface area contributed by atoms with Gasteiger partial charge in [0.25, 0.3) is 0 Å². The average Bonchev–Trinajstić information content (AvgIpc) is 2.75. The fraction of sp³-hybridized carbons (Fsp3) is 0.273. The number of hydrogen-bond donors (Lipinski definition) is 2. The molecule has 5 nitrogen and oxygen atoms in total. The van der Waals surface area contributed by atoms with Crippen LogP contribution in [-0.4, -0.2) is 20.6 Å². The predicted octanol–water partition coefficient (Wildman–Crippen LogP) is 2.12. The third-order valence-electron chi connectivity index (χ3n) is 2.31. The van der Waals surface area contributed by atoms with Gasteiger partial charge in [0.2, 0.25) is 0 Å². The Kier molecular flexibility index (Phi) is 3.63. The molecule has 0 aromatic carbocycles. The number of pyridine rings is 1. The molecule has 0 bridgehead atoms. The highest BCUT2D eigenvalue weighted by atomic mass is 79.9. The second-order valence-electron chi connectivity index (χ2n) is 3.90. The molecule has 1 unspecified atom stereocenters. The lowest BCUT2D eigenvalue weighted by Gasteiger charge is -2.16. The second-order valence-corrected chi connectivity index (χ2v) is 4.81. The van der Waals surface area contributed by atoms with E-state index in [0.29, 0.717) is 11.5 Å². The Morgan fingerprint density at radius 3 is 3.06 bits per heavy atom. The van der Waals surface area contributed by atoms with Crippen LogP contribution in [0.1, 0.15) is 6.92 Å². The van der Waals surface area contributed by atoms with Gasteiger partial charge in [0.05, 0.1) is 12.0 Å². The van der Waals surface area contributed by atoms with Crippen LogP contribution in [-0.2, 0) is 6.54 Å². The summed E-state index contributed by atoms with van der Waals surface area (Å²) in [4.78, 5) is 8.24. The summed E-state index contributed by atoms with van der Waals surface area (Å²) in [6.07, 6.45) is 7.20. The van der Waals surface area contributed by atoms with Gasteiger partial charge in [-0.2, -0.15) is 0 Å². The summed E-state index contributed by atoms with van der Waals surface area (Å²) in [5.74, 6) is 0.709. The largest absolute Gasteiger partial charge is 0.396 e. The maximum absolute atomic E-state index is 5.87. The highest BCUT2D eigenvalue weighted by Gasteiger charge is 2.06. The molecular weight excluding hydrogens is 282 g/mol. The monoisotopic (exact) mass is 295 g/mol. The van der Waals surface area contributed by atoms with E-state index in [4.69, 9.17) is 5.73 Å². The maximum Gasteiger partial charge on any atom is 0.149 e. The normalized spacial score (nSPS) is 12.4. The van der Waals surface area contributed by atoms with Crippen molar-refractivity contribution in [2.75, 3.05) is 11.1 Å². The first-order valence-corrected chi connectivity index (χ1v) is 6.08. The van der Waals surface area contributed by atoms with Crippen molar-refractivity contribution in [3.05, 3.63) is 35.5 Å². The molecule has 0 aliphatic heterocycles. The summed E-state index contributed by atoms with van der Waals surface area (Å²) in [6, 6.07) is 2.05. The first-order chi connectivity index (χ1) is 8.15. The van der Waals surface area contributed by atoms with Gasteiger partial charge in [-0.25, -0.2) is 9.97 Å². The molecule has 17 heavy (non-hydrogen) atoms. The van der Waals surface area contributed by atoms with Crippen LogP contribution in [0.3, 0.4) is 0 Å². The fourth-order valence-electron chi connectivity index (χ4n) is 1.57. The molecule has 0 saturated carbocycles. The highest BCUT2D eigenvalue weighted by Crippen LogP contribution is 2.20. The van der Waals surface area contributed by atoms with Crippen molar-refractivity contribution in [1.29, 1.82) is 0 Å². The van der Waals surface area contributed by atoms with Crippen LogP contribution in [0.25, 0.3) is 0 Å². The Morgan fingerprint density at radius 2 is 2.41 bits per heavy atom. The molecule has 2 aromatic heterocycles. The van der Waals surface area contributed by atoms with E-state index in [9.17, 15) is 0 Å². The molecule has 2 heterocycles. The van der Waals surface area contributed by atoms with E-state index < -0.39 is 0 Å². The average molecular weight is 296 g/mol. The highest BCUT2D eigenvalue weighted by molar-refractivity contribution is 9.10. The Balaban J connectivity index is 2.00. The molecule has 6 heteroatoms. The molecule has 2 aromatic rings. The molecule has 90 valence electrons. The smallest absolute Gasteiger partial charge is 0.149 e. The number of nitrogens with one attached hydrogen (secondary N) is 1. The fourth-order valence-corrected chi connectivity index (χ4v) is 1.91. The van der Waals surface area contributed by atoms with Gasteiger partial charge in [-0.1, -0.05) is 0 Å². The second kappa shape index (κ2) is 5.18. The van der Waals surface area contributed by atoms with E-state index in [1.165, 1.54) is 0 Å². The lowest BCUT2D eigenvalue weighted by molar-refractivity contribution is 0.617. The van der Waals surface area contributed by atoms with Gasteiger partial charge in [-0.3, -0.25) is 0 Å². The molecule has 0 amide bonds. The van der Waals surface area contributed by atoms with Crippen LogP contribution in [0.15, 0.2) is 35.5 Å².